The summed E-state index contributed by atoms with van der Waals surface area (Å²) < 4.78 is 5.26. The van der Waals surface area contributed by atoms with Gasteiger partial charge in [0.05, 0.1) is 6.04 Å². The lowest BCUT2D eigenvalue weighted by Crippen LogP contribution is -2.30. The van der Waals surface area contributed by atoms with Crippen molar-refractivity contribution in [2.75, 3.05) is 7.11 Å². The van der Waals surface area contributed by atoms with Crippen molar-refractivity contribution in [3.63, 3.8) is 0 Å². The van der Waals surface area contributed by atoms with E-state index in [0.717, 1.165) is 5.56 Å². The first-order valence-corrected chi connectivity index (χ1v) is 4.75. The molecule has 0 saturated heterocycles. The number of benzene rings is 1. The number of methoxy groups -OCH3 is 1. The Balaban J connectivity index is 2.94. The topological polar surface area (TPSA) is 41.5 Å². The third-order valence-corrected chi connectivity index (χ3v) is 2.47. The summed E-state index contributed by atoms with van der Waals surface area (Å²) in [6.07, 6.45) is -0.256. The molecule has 4 heteroatoms. The predicted molar refractivity (Wildman–Crippen MR) is 55.6 cm³/mol. The Morgan fingerprint density at radius 1 is 1.43 bits per heavy atom. The number of hydrogen-bond acceptors (Lipinski definition) is 3. The van der Waals surface area contributed by atoms with E-state index >= 15 is 0 Å². The van der Waals surface area contributed by atoms with Gasteiger partial charge in [0.15, 0.2) is 0 Å². The maximum atomic E-state index is 8.82. The van der Waals surface area contributed by atoms with Gasteiger partial charge in [-0.15, -0.1) is 0 Å². The second-order valence-corrected chi connectivity index (χ2v) is 3.50. The van der Waals surface area contributed by atoms with Gasteiger partial charge in [-0.2, -0.15) is 5.48 Å². The van der Waals surface area contributed by atoms with E-state index in [9.17, 15) is 0 Å². The van der Waals surface area contributed by atoms with Crippen LogP contribution in [0, 0.1) is 0 Å². The summed E-state index contributed by atoms with van der Waals surface area (Å²) in [6.45, 7) is 1.82. The maximum absolute atomic E-state index is 8.82. The van der Waals surface area contributed by atoms with Crippen LogP contribution in [-0.4, -0.2) is 18.4 Å². The number of hydrogen-bond donors (Lipinski definition) is 2. The van der Waals surface area contributed by atoms with Gasteiger partial charge >= 0.3 is 0 Å². The quantitative estimate of drug-likeness (QED) is 0.758. The highest BCUT2D eigenvalue weighted by molar-refractivity contribution is 6.31. The average molecular weight is 216 g/mol. The van der Waals surface area contributed by atoms with Gasteiger partial charge < -0.3 is 9.94 Å². The molecule has 0 aliphatic carbocycles. The largest absolute Gasteiger partial charge is 0.375 e. The Morgan fingerprint density at radius 3 is 2.57 bits per heavy atom. The van der Waals surface area contributed by atoms with Crippen molar-refractivity contribution in [2.24, 2.45) is 0 Å². The molecule has 3 nitrogen and oxygen atoms in total. The first-order chi connectivity index (χ1) is 6.70. The van der Waals surface area contributed by atoms with Gasteiger partial charge in [-0.1, -0.05) is 29.8 Å². The molecule has 0 saturated carbocycles. The number of nitrogens with one attached hydrogen (secondary N) is 1. The van der Waals surface area contributed by atoms with E-state index < -0.39 is 0 Å². The van der Waals surface area contributed by atoms with Gasteiger partial charge in [0.1, 0.15) is 6.10 Å². The Bertz CT molecular complexity index is 293. The molecule has 2 N–H and O–H groups in total. The van der Waals surface area contributed by atoms with Gasteiger partial charge in [0.25, 0.3) is 0 Å². The Labute approximate surface area is 88.6 Å². The van der Waals surface area contributed by atoms with Crippen LogP contribution in [0.1, 0.15) is 18.6 Å². The van der Waals surface area contributed by atoms with Gasteiger partial charge in [-0.05, 0) is 13.0 Å². The summed E-state index contributed by atoms with van der Waals surface area (Å²) in [7, 11) is 1.59. The van der Waals surface area contributed by atoms with Gasteiger partial charge in [-0.3, -0.25) is 0 Å². The zero-order valence-corrected chi connectivity index (χ0v) is 8.95. The van der Waals surface area contributed by atoms with Crippen molar-refractivity contribution < 1.29 is 9.94 Å². The van der Waals surface area contributed by atoms with E-state index in [-0.39, 0.29) is 12.1 Å². The van der Waals surface area contributed by atoms with E-state index in [2.05, 4.69) is 5.48 Å². The fraction of sp³-hybridized carbons (Fsp3) is 0.400. The molecule has 0 aliphatic rings. The number of hydroxylamine groups is 1. The molecule has 0 aliphatic heterocycles. The molecule has 0 unspecified atom stereocenters. The Kier molecular flexibility index (Phi) is 4.35. The van der Waals surface area contributed by atoms with Crippen LogP contribution in [0.3, 0.4) is 0 Å². The second-order valence-electron chi connectivity index (χ2n) is 3.10. The molecule has 1 rings (SSSR count). The molecular formula is C10H14ClNO2. The molecule has 0 spiro atoms. The first-order valence-electron chi connectivity index (χ1n) is 4.37. The first kappa shape index (κ1) is 11.5. The second kappa shape index (κ2) is 5.32. The lowest BCUT2D eigenvalue weighted by Gasteiger charge is -2.22. The minimum absolute atomic E-state index is 0.208. The number of halogens is 1. The van der Waals surface area contributed by atoms with Crippen LogP contribution < -0.4 is 5.48 Å². The lowest BCUT2D eigenvalue weighted by atomic mass is 10.0. The molecule has 0 heterocycles. The highest BCUT2D eigenvalue weighted by atomic mass is 35.5. The van der Waals surface area contributed by atoms with Gasteiger partial charge in [0, 0.05) is 17.7 Å². The summed E-state index contributed by atoms with van der Waals surface area (Å²) in [5.74, 6) is 0. The van der Waals surface area contributed by atoms with E-state index in [1.807, 2.05) is 25.1 Å². The van der Waals surface area contributed by atoms with E-state index in [4.69, 9.17) is 21.5 Å². The van der Waals surface area contributed by atoms with Crippen LogP contribution in [-0.2, 0) is 4.74 Å². The predicted octanol–water partition coefficient (Wildman–Crippen LogP) is 2.39. The van der Waals surface area contributed by atoms with E-state index in [1.165, 1.54) is 0 Å². The zero-order valence-electron chi connectivity index (χ0n) is 8.20. The van der Waals surface area contributed by atoms with E-state index in [0.29, 0.717) is 5.02 Å². The van der Waals surface area contributed by atoms with Gasteiger partial charge in [-0.25, -0.2) is 0 Å². The Morgan fingerprint density at radius 2 is 2.07 bits per heavy atom. The highest BCUT2D eigenvalue weighted by Gasteiger charge is 2.20. The smallest absolute Gasteiger partial charge is 0.101 e. The van der Waals surface area contributed by atoms with Crippen LogP contribution >= 0.6 is 11.6 Å². The lowest BCUT2D eigenvalue weighted by molar-refractivity contribution is 0.0172. The molecule has 0 amide bonds. The summed E-state index contributed by atoms with van der Waals surface area (Å²) in [5.41, 5.74) is 3.02. The minimum Gasteiger partial charge on any atom is -0.375 e. The Hall–Kier alpha value is -0.610. The molecule has 2 atom stereocenters. The fourth-order valence-electron chi connectivity index (χ4n) is 1.37. The van der Waals surface area contributed by atoms with Crippen molar-refractivity contribution in [1.29, 1.82) is 0 Å². The zero-order chi connectivity index (χ0) is 10.6. The summed E-state index contributed by atoms with van der Waals surface area (Å²) in [4.78, 5) is 0. The normalized spacial score (nSPS) is 15.1. The molecule has 78 valence electrons. The summed E-state index contributed by atoms with van der Waals surface area (Å²) in [6, 6.07) is 7.21. The van der Waals surface area contributed by atoms with E-state index in [1.54, 1.807) is 13.2 Å². The molecule has 14 heavy (non-hydrogen) atoms. The van der Waals surface area contributed by atoms with Crippen LogP contribution in [0.25, 0.3) is 0 Å². The number of ether oxygens (including phenoxy) is 1. The molecule has 0 bridgehead atoms. The monoisotopic (exact) mass is 215 g/mol. The van der Waals surface area contributed by atoms with Gasteiger partial charge in [0.2, 0.25) is 0 Å². The van der Waals surface area contributed by atoms with Crippen LogP contribution in [0.15, 0.2) is 24.3 Å². The standard InChI is InChI=1S/C10H14ClNO2/c1-7(12-13)10(14-2)8-5-3-4-6-9(8)11/h3-7,10,12-13H,1-2H3/t7-,10+/m0/s1. The highest BCUT2D eigenvalue weighted by Crippen LogP contribution is 2.27. The van der Waals surface area contributed by atoms with Crippen LogP contribution in [0.5, 0.6) is 0 Å². The third-order valence-electron chi connectivity index (χ3n) is 2.12. The maximum Gasteiger partial charge on any atom is 0.101 e. The molecule has 0 aromatic heterocycles. The SMILES string of the molecule is CO[C@@H](c1ccccc1Cl)[C@H](C)NO. The van der Waals surface area contributed by atoms with Crippen molar-refractivity contribution in [1.82, 2.24) is 5.48 Å². The minimum atomic E-state index is -0.256. The van der Waals surface area contributed by atoms with Crippen molar-refractivity contribution in [2.45, 2.75) is 19.1 Å². The van der Waals surface area contributed by atoms with Crippen LogP contribution in [0.2, 0.25) is 5.02 Å². The third kappa shape index (κ3) is 2.45. The van der Waals surface area contributed by atoms with Crippen molar-refractivity contribution >= 4 is 11.6 Å². The van der Waals surface area contributed by atoms with Crippen LogP contribution in [0.4, 0.5) is 0 Å². The summed E-state index contributed by atoms with van der Waals surface area (Å²) in [5, 5.41) is 9.46. The number of rotatable bonds is 4. The molecule has 0 fully saturated rings. The summed E-state index contributed by atoms with van der Waals surface area (Å²) >= 11 is 6.01. The average Bonchev–Trinajstić information content (AvgIpc) is 2.21. The molecular weight excluding hydrogens is 202 g/mol. The molecule has 0 radical (unpaired) electrons. The molecule has 1 aromatic rings. The molecule has 1 aromatic carbocycles. The van der Waals surface area contributed by atoms with Crippen molar-refractivity contribution in [3.8, 4) is 0 Å². The fourth-order valence-corrected chi connectivity index (χ4v) is 1.62. The van der Waals surface area contributed by atoms with Crippen molar-refractivity contribution in [3.05, 3.63) is 34.9 Å².